The normalized spacial score (nSPS) is 18.0. The Morgan fingerprint density at radius 1 is 1.04 bits per heavy atom. The van der Waals surface area contributed by atoms with Gasteiger partial charge < -0.3 is 20.7 Å². The van der Waals surface area contributed by atoms with Crippen LogP contribution >= 0.6 is 0 Å². The highest BCUT2D eigenvalue weighted by atomic mass is 16.5. The molecule has 0 aromatic heterocycles. The van der Waals surface area contributed by atoms with Crippen molar-refractivity contribution in [1.29, 1.82) is 0 Å². The van der Waals surface area contributed by atoms with E-state index in [9.17, 15) is 4.79 Å². The molecule has 1 amide bonds. The van der Waals surface area contributed by atoms with E-state index >= 15 is 0 Å². The summed E-state index contributed by atoms with van der Waals surface area (Å²) in [6.45, 7) is 5.84. The Kier molecular flexibility index (Phi) is 5.89. The summed E-state index contributed by atoms with van der Waals surface area (Å²) < 4.78 is 5.37. The zero-order valence-corrected chi connectivity index (χ0v) is 15.9. The fraction of sp³-hybridized carbons (Fsp3) is 0.318. The Bertz CT molecular complexity index is 842. The number of nitrogens with one attached hydrogen (secondary N) is 3. The van der Waals surface area contributed by atoms with E-state index in [1.807, 2.05) is 36.4 Å². The third-order valence-corrected chi connectivity index (χ3v) is 5.06. The smallest absolute Gasteiger partial charge is 0.257 e. The number of carbonyl (C=O) groups excluding carboxylic acids is 1. The molecule has 0 saturated carbocycles. The molecule has 4 rings (SSSR count). The second kappa shape index (κ2) is 8.91. The van der Waals surface area contributed by atoms with Gasteiger partial charge in [0.2, 0.25) is 0 Å². The number of fused-ring (bicyclic) bond motifs is 1. The molecule has 6 nitrogen and oxygen atoms in total. The predicted molar refractivity (Wildman–Crippen MR) is 113 cm³/mol. The third kappa shape index (κ3) is 4.52. The zero-order chi connectivity index (χ0) is 19.2. The standard InChI is InChI=1S/C22H26N4O2/c27-22-20(19-4-1-2-5-21(19)25-22)16-24-18-8-6-17(7-9-18)23-10-3-11-26-12-14-28-15-13-26/h1-2,4-9,16,23-24H,3,10-15H2,(H,25,27). The summed E-state index contributed by atoms with van der Waals surface area (Å²) in [5, 5.41) is 9.57. The number of benzene rings is 2. The van der Waals surface area contributed by atoms with Gasteiger partial charge in [0.05, 0.1) is 18.8 Å². The molecule has 0 unspecified atom stereocenters. The molecule has 0 spiro atoms. The first-order chi connectivity index (χ1) is 13.8. The second-order valence-electron chi connectivity index (χ2n) is 7.01. The maximum Gasteiger partial charge on any atom is 0.257 e. The van der Waals surface area contributed by atoms with E-state index in [-0.39, 0.29) is 5.91 Å². The molecular weight excluding hydrogens is 352 g/mol. The van der Waals surface area contributed by atoms with Crippen LogP contribution in [0.1, 0.15) is 12.0 Å². The van der Waals surface area contributed by atoms with Gasteiger partial charge in [0, 0.05) is 48.5 Å². The first kappa shape index (κ1) is 18.5. The van der Waals surface area contributed by atoms with Crippen LogP contribution < -0.4 is 16.0 Å². The summed E-state index contributed by atoms with van der Waals surface area (Å²) >= 11 is 0. The van der Waals surface area contributed by atoms with Crippen LogP contribution in [-0.2, 0) is 9.53 Å². The molecule has 2 heterocycles. The highest BCUT2D eigenvalue weighted by molar-refractivity contribution is 6.31. The summed E-state index contributed by atoms with van der Waals surface area (Å²) in [6.07, 6.45) is 2.88. The Morgan fingerprint density at radius 2 is 1.79 bits per heavy atom. The van der Waals surface area contributed by atoms with Crippen LogP contribution in [-0.4, -0.2) is 50.2 Å². The summed E-state index contributed by atoms with van der Waals surface area (Å²) in [4.78, 5) is 14.6. The molecule has 1 saturated heterocycles. The lowest BCUT2D eigenvalue weighted by Gasteiger charge is -2.26. The molecule has 2 aromatic carbocycles. The minimum atomic E-state index is -0.0766. The SMILES string of the molecule is O=C1Nc2ccccc2C1=CNc1ccc(NCCCN2CCOCC2)cc1. The van der Waals surface area contributed by atoms with Crippen LogP contribution in [0.2, 0.25) is 0 Å². The Hall–Kier alpha value is -2.83. The molecular formula is C22H26N4O2. The van der Waals surface area contributed by atoms with Gasteiger partial charge in [-0.1, -0.05) is 18.2 Å². The maximum absolute atomic E-state index is 12.1. The van der Waals surface area contributed by atoms with Crippen molar-refractivity contribution in [3.63, 3.8) is 0 Å². The topological polar surface area (TPSA) is 65.6 Å². The van der Waals surface area contributed by atoms with Gasteiger partial charge >= 0.3 is 0 Å². The number of para-hydroxylation sites is 1. The van der Waals surface area contributed by atoms with Crippen molar-refractivity contribution in [3.8, 4) is 0 Å². The number of anilines is 3. The van der Waals surface area contributed by atoms with Gasteiger partial charge in [-0.25, -0.2) is 0 Å². The molecule has 0 bridgehead atoms. The van der Waals surface area contributed by atoms with Gasteiger partial charge in [0.1, 0.15) is 0 Å². The van der Waals surface area contributed by atoms with Gasteiger partial charge in [0.15, 0.2) is 0 Å². The molecule has 2 aromatic rings. The number of morpholine rings is 1. The second-order valence-corrected chi connectivity index (χ2v) is 7.01. The third-order valence-electron chi connectivity index (χ3n) is 5.06. The van der Waals surface area contributed by atoms with Gasteiger partial charge in [-0.05, 0) is 43.3 Å². The van der Waals surface area contributed by atoms with Crippen molar-refractivity contribution >= 4 is 28.5 Å². The summed E-state index contributed by atoms with van der Waals surface area (Å²) in [5.74, 6) is -0.0766. The van der Waals surface area contributed by atoms with Gasteiger partial charge in [-0.3, -0.25) is 9.69 Å². The summed E-state index contributed by atoms with van der Waals surface area (Å²) in [7, 11) is 0. The summed E-state index contributed by atoms with van der Waals surface area (Å²) in [6, 6.07) is 15.9. The molecule has 2 aliphatic rings. The van der Waals surface area contributed by atoms with Gasteiger partial charge in [-0.15, -0.1) is 0 Å². The van der Waals surface area contributed by atoms with Crippen LogP contribution in [0, 0.1) is 0 Å². The van der Waals surface area contributed by atoms with Crippen molar-refractivity contribution in [2.45, 2.75) is 6.42 Å². The van der Waals surface area contributed by atoms with E-state index in [1.165, 1.54) is 0 Å². The van der Waals surface area contributed by atoms with Crippen LogP contribution in [0.4, 0.5) is 17.1 Å². The molecule has 0 radical (unpaired) electrons. The Balaban J connectivity index is 1.26. The van der Waals surface area contributed by atoms with E-state index in [1.54, 1.807) is 6.20 Å². The van der Waals surface area contributed by atoms with E-state index in [0.717, 1.165) is 68.4 Å². The summed E-state index contributed by atoms with van der Waals surface area (Å²) in [5.41, 5.74) is 4.49. The maximum atomic E-state index is 12.1. The largest absolute Gasteiger partial charge is 0.385 e. The van der Waals surface area contributed by atoms with Crippen molar-refractivity contribution in [3.05, 3.63) is 60.3 Å². The molecule has 0 aliphatic carbocycles. The monoisotopic (exact) mass is 378 g/mol. The molecule has 6 heteroatoms. The number of rotatable bonds is 7. The first-order valence-electron chi connectivity index (χ1n) is 9.81. The average Bonchev–Trinajstić information content (AvgIpc) is 3.06. The number of hydrogen-bond donors (Lipinski definition) is 3. The van der Waals surface area contributed by atoms with E-state index in [4.69, 9.17) is 4.74 Å². The lowest BCUT2D eigenvalue weighted by Crippen LogP contribution is -2.37. The number of nitrogens with zero attached hydrogens (tertiary/aromatic N) is 1. The van der Waals surface area contributed by atoms with Gasteiger partial charge in [-0.2, -0.15) is 0 Å². The number of carbonyl (C=O) groups is 1. The lowest BCUT2D eigenvalue weighted by atomic mass is 10.1. The fourth-order valence-corrected chi connectivity index (χ4v) is 3.48. The molecule has 2 aliphatic heterocycles. The van der Waals surface area contributed by atoms with Crippen molar-refractivity contribution < 1.29 is 9.53 Å². The van der Waals surface area contributed by atoms with Crippen LogP contribution in [0.25, 0.3) is 5.57 Å². The van der Waals surface area contributed by atoms with Crippen LogP contribution in [0.15, 0.2) is 54.7 Å². The number of amides is 1. The molecule has 0 atom stereocenters. The molecule has 28 heavy (non-hydrogen) atoms. The zero-order valence-electron chi connectivity index (χ0n) is 15.9. The van der Waals surface area contributed by atoms with Crippen molar-refractivity contribution in [2.24, 2.45) is 0 Å². The van der Waals surface area contributed by atoms with Gasteiger partial charge in [0.25, 0.3) is 5.91 Å². The average molecular weight is 378 g/mol. The highest BCUT2D eigenvalue weighted by Crippen LogP contribution is 2.31. The van der Waals surface area contributed by atoms with E-state index < -0.39 is 0 Å². The molecule has 1 fully saturated rings. The Labute approximate surface area is 165 Å². The number of hydrogen-bond acceptors (Lipinski definition) is 5. The quantitative estimate of drug-likeness (QED) is 0.510. The van der Waals surface area contributed by atoms with Crippen LogP contribution in [0.5, 0.6) is 0 Å². The predicted octanol–water partition coefficient (Wildman–Crippen LogP) is 3.23. The minimum Gasteiger partial charge on any atom is -0.385 e. The molecule has 146 valence electrons. The first-order valence-corrected chi connectivity index (χ1v) is 9.81. The van der Waals surface area contributed by atoms with Crippen molar-refractivity contribution in [1.82, 2.24) is 4.90 Å². The van der Waals surface area contributed by atoms with E-state index in [2.05, 4.69) is 33.0 Å². The Morgan fingerprint density at radius 3 is 2.61 bits per heavy atom. The fourth-order valence-electron chi connectivity index (χ4n) is 3.48. The van der Waals surface area contributed by atoms with E-state index in [0.29, 0.717) is 5.57 Å². The molecule has 3 N–H and O–H groups in total. The van der Waals surface area contributed by atoms with Crippen molar-refractivity contribution in [2.75, 3.05) is 55.3 Å². The lowest BCUT2D eigenvalue weighted by molar-refractivity contribution is -0.110. The highest BCUT2D eigenvalue weighted by Gasteiger charge is 2.23. The minimum absolute atomic E-state index is 0.0766. The number of ether oxygens (including phenoxy) is 1. The van der Waals surface area contributed by atoms with Crippen LogP contribution in [0.3, 0.4) is 0 Å².